The van der Waals surface area contributed by atoms with E-state index in [1.54, 1.807) is 6.07 Å². The van der Waals surface area contributed by atoms with Crippen molar-refractivity contribution in [2.24, 2.45) is 5.92 Å². The van der Waals surface area contributed by atoms with E-state index in [1.807, 2.05) is 31.2 Å². The molecule has 136 valence electrons. The van der Waals surface area contributed by atoms with Gasteiger partial charge in [-0.3, -0.25) is 4.79 Å². The number of sulfonamides is 1. The van der Waals surface area contributed by atoms with Gasteiger partial charge in [-0.25, -0.2) is 13.1 Å². The summed E-state index contributed by atoms with van der Waals surface area (Å²) in [6, 6.07) is 12.2. The van der Waals surface area contributed by atoms with Crippen LogP contribution < -0.4 is 14.8 Å². The zero-order valence-corrected chi connectivity index (χ0v) is 15.2. The maximum absolute atomic E-state index is 12.9. The molecule has 1 aliphatic carbocycles. The van der Waals surface area contributed by atoms with Gasteiger partial charge in [0.05, 0.1) is 10.6 Å². The second-order valence-corrected chi connectivity index (χ2v) is 8.56. The van der Waals surface area contributed by atoms with Crippen molar-refractivity contribution < 1.29 is 17.9 Å². The van der Waals surface area contributed by atoms with Crippen LogP contribution in [0.15, 0.2) is 47.4 Å². The highest BCUT2D eigenvalue weighted by molar-refractivity contribution is 7.89. The molecular weight excluding hydrogens is 352 g/mol. The van der Waals surface area contributed by atoms with Crippen LogP contribution in [-0.2, 0) is 14.8 Å². The summed E-state index contributed by atoms with van der Waals surface area (Å²) in [6.07, 6.45) is 2.02. The molecule has 2 aromatic rings. The second kappa shape index (κ2) is 6.41. The summed E-state index contributed by atoms with van der Waals surface area (Å²) in [5, 5.41) is 2.64. The lowest BCUT2D eigenvalue weighted by molar-refractivity contribution is -0.118. The van der Waals surface area contributed by atoms with E-state index >= 15 is 0 Å². The normalized spacial score (nSPS) is 17.8. The van der Waals surface area contributed by atoms with E-state index in [0.717, 1.165) is 24.0 Å². The Morgan fingerprint density at radius 3 is 2.58 bits per heavy atom. The van der Waals surface area contributed by atoms with Crippen molar-refractivity contribution in [3.63, 3.8) is 0 Å². The molecule has 2 aliphatic rings. The number of carbonyl (C=O) groups is 1. The second-order valence-electron chi connectivity index (χ2n) is 6.84. The van der Waals surface area contributed by atoms with Gasteiger partial charge in [-0.2, -0.15) is 0 Å². The molecule has 2 aromatic carbocycles. The fourth-order valence-corrected chi connectivity index (χ4v) is 4.42. The Balaban J connectivity index is 1.62. The van der Waals surface area contributed by atoms with Crippen LogP contribution in [0, 0.1) is 12.8 Å². The van der Waals surface area contributed by atoms with Gasteiger partial charge in [0.15, 0.2) is 6.61 Å². The van der Waals surface area contributed by atoms with Crippen molar-refractivity contribution >= 4 is 21.6 Å². The Morgan fingerprint density at radius 1 is 1.15 bits per heavy atom. The van der Waals surface area contributed by atoms with Gasteiger partial charge in [0.2, 0.25) is 10.0 Å². The number of hydrogen-bond donors (Lipinski definition) is 2. The number of nitrogens with one attached hydrogen (secondary N) is 2. The standard InChI is InChI=1S/C19H20N2O4S/c1-12-2-4-13(5-3-12)19(14-6-7-14)21-26(23,24)15-8-9-17-16(10-15)20-18(22)11-25-17/h2-5,8-10,14,19,21H,6-7,11H2,1H3,(H,20,22). The van der Waals surface area contributed by atoms with Crippen LogP contribution in [0.25, 0.3) is 0 Å². The number of ether oxygens (including phenoxy) is 1. The molecule has 6 nitrogen and oxygen atoms in total. The molecule has 1 aliphatic heterocycles. The molecule has 0 saturated heterocycles. The van der Waals surface area contributed by atoms with Gasteiger partial charge < -0.3 is 10.1 Å². The fourth-order valence-electron chi connectivity index (χ4n) is 3.10. The van der Waals surface area contributed by atoms with E-state index < -0.39 is 10.0 Å². The highest BCUT2D eigenvalue weighted by atomic mass is 32.2. The van der Waals surface area contributed by atoms with Crippen LogP contribution in [0.1, 0.15) is 30.0 Å². The first-order valence-corrected chi connectivity index (χ1v) is 10.1. The molecule has 1 atom stereocenters. The number of benzene rings is 2. The van der Waals surface area contributed by atoms with Gasteiger partial charge in [-0.15, -0.1) is 0 Å². The van der Waals surface area contributed by atoms with Gasteiger partial charge in [0.1, 0.15) is 5.75 Å². The summed E-state index contributed by atoms with van der Waals surface area (Å²) in [5.74, 6) is 0.490. The zero-order valence-electron chi connectivity index (χ0n) is 14.4. The Hall–Kier alpha value is -2.38. The third kappa shape index (κ3) is 3.45. The van der Waals surface area contributed by atoms with Crippen molar-refractivity contribution in [3.8, 4) is 5.75 Å². The van der Waals surface area contributed by atoms with Crippen molar-refractivity contribution in [2.75, 3.05) is 11.9 Å². The van der Waals surface area contributed by atoms with Crippen molar-refractivity contribution in [1.82, 2.24) is 4.72 Å². The molecule has 0 aromatic heterocycles. The van der Waals surface area contributed by atoms with E-state index in [1.165, 1.54) is 12.1 Å². The molecule has 0 spiro atoms. The number of rotatable bonds is 5. The van der Waals surface area contributed by atoms with Crippen LogP contribution in [0.2, 0.25) is 0 Å². The van der Waals surface area contributed by atoms with Crippen LogP contribution in [0.3, 0.4) is 0 Å². The summed E-state index contributed by atoms with van der Waals surface area (Å²) in [7, 11) is -3.73. The summed E-state index contributed by atoms with van der Waals surface area (Å²) in [6.45, 7) is 1.94. The van der Waals surface area contributed by atoms with Crippen LogP contribution >= 0.6 is 0 Å². The van der Waals surface area contributed by atoms with Crippen molar-refractivity contribution in [1.29, 1.82) is 0 Å². The van der Waals surface area contributed by atoms with Gasteiger partial charge >= 0.3 is 0 Å². The maximum Gasteiger partial charge on any atom is 0.262 e. The quantitative estimate of drug-likeness (QED) is 0.845. The number of anilines is 1. The number of fused-ring (bicyclic) bond motifs is 1. The minimum absolute atomic E-state index is 0.0610. The highest BCUT2D eigenvalue weighted by Crippen LogP contribution is 2.42. The summed E-state index contributed by atoms with van der Waals surface area (Å²) in [5.41, 5.74) is 2.48. The van der Waals surface area contributed by atoms with Crippen LogP contribution in [0.5, 0.6) is 5.75 Å². The molecule has 1 fully saturated rings. The molecule has 1 saturated carbocycles. The Labute approximate surface area is 152 Å². The van der Waals surface area contributed by atoms with E-state index in [4.69, 9.17) is 4.74 Å². The zero-order chi connectivity index (χ0) is 18.3. The predicted octanol–water partition coefficient (Wildman–Crippen LogP) is 2.76. The number of carbonyl (C=O) groups excluding carboxylic acids is 1. The smallest absolute Gasteiger partial charge is 0.262 e. The van der Waals surface area contributed by atoms with Crippen LogP contribution in [-0.4, -0.2) is 20.9 Å². The molecule has 1 unspecified atom stereocenters. The van der Waals surface area contributed by atoms with E-state index in [9.17, 15) is 13.2 Å². The SMILES string of the molecule is Cc1ccc(C(NS(=O)(=O)c2ccc3c(c2)NC(=O)CO3)C2CC2)cc1. The lowest BCUT2D eigenvalue weighted by Crippen LogP contribution is -2.30. The lowest BCUT2D eigenvalue weighted by atomic mass is 10.0. The van der Waals surface area contributed by atoms with Gasteiger partial charge in [0, 0.05) is 6.04 Å². The minimum Gasteiger partial charge on any atom is -0.482 e. The molecule has 4 rings (SSSR count). The van der Waals surface area contributed by atoms with Gasteiger partial charge in [-0.05, 0) is 49.4 Å². The Kier molecular flexibility index (Phi) is 4.20. The molecule has 0 bridgehead atoms. The first kappa shape index (κ1) is 17.1. The largest absolute Gasteiger partial charge is 0.482 e. The first-order valence-electron chi connectivity index (χ1n) is 8.58. The van der Waals surface area contributed by atoms with Gasteiger partial charge in [-0.1, -0.05) is 29.8 Å². The molecule has 1 amide bonds. The average Bonchev–Trinajstić information content (AvgIpc) is 3.45. The molecule has 1 heterocycles. The van der Waals surface area contributed by atoms with Crippen molar-refractivity contribution in [2.45, 2.75) is 30.7 Å². The molecule has 7 heteroatoms. The summed E-state index contributed by atoms with van der Waals surface area (Å²) in [4.78, 5) is 11.6. The molecule has 2 N–H and O–H groups in total. The lowest BCUT2D eigenvalue weighted by Gasteiger charge is -2.21. The maximum atomic E-state index is 12.9. The Morgan fingerprint density at radius 2 is 1.88 bits per heavy atom. The highest BCUT2D eigenvalue weighted by Gasteiger charge is 2.35. The predicted molar refractivity (Wildman–Crippen MR) is 97.5 cm³/mol. The summed E-state index contributed by atoms with van der Waals surface area (Å²) >= 11 is 0. The molecule has 0 radical (unpaired) electrons. The monoisotopic (exact) mass is 372 g/mol. The van der Waals surface area contributed by atoms with Crippen molar-refractivity contribution in [3.05, 3.63) is 53.6 Å². The van der Waals surface area contributed by atoms with Crippen LogP contribution in [0.4, 0.5) is 5.69 Å². The molecular formula is C19H20N2O4S. The minimum atomic E-state index is -3.73. The third-order valence-electron chi connectivity index (χ3n) is 4.71. The fraction of sp³-hybridized carbons (Fsp3) is 0.316. The third-order valence-corrected chi connectivity index (χ3v) is 6.14. The van der Waals surface area contributed by atoms with E-state index in [-0.39, 0.29) is 23.5 Å². The average molecular weight is 372 g/mol. The number of hydrogen-bond acceptors (Lipinski definition) is 4. The number of aryl methyl sites for hydroxylation is 1. The first-order chi connectivity index (χ1) is 12.4. The van der Waals surface area contributed by atoms with E-state index in [0.29, 0.717) is 17.4 Å². The molecule has 26 heavy (non-hydrogen) atoms. The topological polar surface area (TPSA) is 84.5 Å². The van der Waals surface area contributed by atoms with Gasteiger partial charge in [0.25, 0.3) is 5.91 Å². The number of amides is 1. The Bertz CT molecular complexity index is 950. The van der Waals surface area contributed by atoms with E-state index in [2.05, 4.69) is 10.0 Å². The summed E-state index contributed by atoms with van der Waals surface area (Å²) < 4.78 is 34.0.